The quantitative estimate of drug-likeness (QED) is 0.690. The summed E-state index contributed by atoms with van der Waals surface area (Å²) in [4.78, 5) is 0. The summed E-state index contributed by atoms with van der Waals surface area (Å²) >= 11 is 0. The number of hydrogen-bond acceptors (Lipinski definition) is 1. The van der Waals surface area contributed by atoms with Crippen LogP contribution in [-0.4, -0.2) is 0 Å². The first-order chi connectivity index (χ1) is 11.1. The van der Waals surface area contributed by atoms with Gasteiger partial charge in [-0.2, -0.15) is 5.26 Å². The standard InChI is InChI=1S/C20H21F2N/c1-2-5-15-8-10-16(11-9-15)6-3-4-7-17-12-19(21)18(14-23)20(22)13-17/h3,6,12-13,15-16H,2,5,8-11H2,1H3. The molecule has 1 aliphatic rings. The van der Waals surface area contributed by atoms with E-state index in [1.54, 1.807) is 6.08 Å². The molecule has 0 spiro atoms. The lowest BCUT2D eigenvalue weighted by molar-refractivity contribution is 0.294. The average molecular weight is 313 g/mol. The van der Waals surface area contributed by atoms with Crippen LogP contribution >= 0.6 is 0 Å². The van der Waals surface area contributed by atoms with Crippen LogP contribution in [0.25, 0.3) is 0 Å². The molecule has 1 fully saturated rings. The first kappa shape index (κ1) is 17.2. The summed E-state index contributed by atoms with van der Waals surface area (Å²) < 4.78 is 26.9. The summed E-state index contributed by atoms with van der Waals surface area (Å²) in [7, 11) is 0. The van der Waals surface area contributed by atoms with Crippen molar-refractivity contribution in [3.63, 3.8) is 0 Å². The van der Waals surface area contributed by atoms with Gasteiger partial charge < -0.3 is 0 Å². The van der Waals surface area contributed by atoms with E-state index >= 15 is 0 Å². The lowest BCUT2D eigenvalue weighted by atomic mass is 9.80. The van der Waals surface area contributed by atoms with E-state index in [0.717, 1.165) is 18.1 Å². The Labute approximate surface area is 137 Å². The molecule has 1 aliphatic carbocycles. The van der Waals surface area contributed by atoms with Gasteiger partial charge in [-0.05, 0) is 55.7 Å². The first-order valence-corrected chi connectivity index (χ1v) is 8.21. The Balaban J connectivity index is 1.92. The van der Waals surface area contributed by atoms with Crippen LogP contribution in [-0.2, 0) is 0 Å². The molecule has 0 N–H and O–H groups in total. The molecule has 0 saturated heterocycles. The second-order valence-electron chi connectivity index (χ2n) is 6.12. The van der Waals surface area contributed by atoms with Crippen molar-refractivity contribution in [1.29, 1.82) is 5.26 Å². The Bertz CT molecular complexity index is 642. The summed E-state index contributed by atoms with van der Waals surface area (Å²) in [5, 5.41) is 8.62. The van der Waals surface area contributed by atoms with Crippen LogP contribution in [0.3, 0.4) is 0 Å². The van der Waals surface area contributed by atoms with Crippen molar-refractivity contribution < 1.29 is 8.78 Å². The van der Waals surface area contributed by atoms with Crippen molar-refractivity contribution in [2.24, 2.45) is 11.8 Å². The maximum Gasteiger partial charge on any atom is 0.145 e. The van der Waals surface area contributed by atoms with Crippen molar-refractivity contribution in [3.05, 3.63) is 47.0 Å². The van der Waals surface area contributed by atoms with Gasteiger partial charge in [0.05, 0.1) is 0 Å². The minimum Gasteiger partial charge on any atom is -0.205 e. The molecule has 0 aromatic heterocycles. The van der Waals surface area contributed by atoms with Gasteiger partial charge in [-0.25, -0.2) is 8.78 Å². The zero-order valence-electron chi connectivity index (χ0n) is 13.4. The second kappa shape index (κ2) is 8.49. The molecule has 0 heterocycles. The molecule has 120 valence electrons. The Morgan fingerprint density at radius 3 is 2.39 bits per heavy atom. The monoisotopic (exact) mass is 313 g/mol. The van der Waals surface area contributed by atoms with Crippen LogP contribution in [0, 0.1) is 46.6 Å². The number of allylic oxidation sites excluding steroid dienone is 2. The number of hydrogen-bond donors (Lipinski definition) is 0. The van der Waals surface area contributed by atoms with Crippen molar-refractivity contribution in [3.8, 4) is 17.9 Å². The van der Waals surface area contributed by atoms with E-state index in [4.69, 9.17) is 5.26 Å². The predicted molar refractivity (Wildman–Crippen MR) is 87.4 cm³/mol. The van der Waals surface area contributed by atoms with Gasteiger partial charge in [0.2, 0.25) is 0 Å². The van der Waals surface area contributed by atoms with Gasteiger partial charge in [-0.1, -0.05) is 37.7 Å². The highest BCUT2D eigenvalue weighted by Crippen LogP contribution is 2.32. The number of halogens is 2. The maximum absolute atomic E-state index is 13.5. The van der Waals surface area contributed by atoms with Crippen molar-refractivity contribution >= 4 is 0 Å². The predicted octanol–water partition coefficient (Wildman–Crippen LogP) is 5.35. The normalized spacial score (nSPS) is 20.8. The third-order valence-electron chi connectivity index (χ3n) is 4.41. The molecule has 3 heteroatoms. The van der Waals surface area contributed by atoms with E-state index in [1.165, 1.54) is 44.6 Å². The fourth-order valence-corrected chi connectivity index (χ4v) is 3.14. The molecule has 1 aromatic carbocycles. The van der Waals surface area contributed by atoms with Crippen molar-refractivity contribution in [2.45, 2.75) is 45.4 Å². The summed E-state index contributed by atoms with van der Waals surface area (Å²) in [6.07, 6.45) is 11.4. The summed E-state index contributed by atoms with van der Waals surface area (Å²) in [5.41, 5.74) is -0.315. The van der Waals surface area contributed by atoms with E-state index in [1.807, 2.05) is 0 Å². The van der Waals surface area contributed by atoms with Gasteiger partial charge in [-0.15, -0.1) is 0 Å². The molecule has 0 radical (unpaired) electrons. The van der Waals surface area contributed by atoms with E-state index in [9.17, 15) is 8.78 Å². The molecule has 0 unspecified atom stereocenters. The van der Waals surface area contributed by atoms with Crippen LogP contribution in [0.15, 0.2) is 24.3 Å². The number of benzene rings is 1. The molecule has 0 atom stereocenters. The minimum absolute atomic E-state index is 0.246. The molecule has 0 amide bonds. The third kappa shape index (κ3) is 4.93. The Morgan fingerprint density at radius 2 is 1.83 bits per heavy atom. The summed E-state index contributed by atoms with van der Waals surface area (Å²) in [6, 6.07) is 3.69. The van der Waals surface area contributed by atoms with Crippen LogP contribution < -0.4 is 0 Å². The van der Waals surface area contributed by atoms with Gasteiger partial charge in [0.25, 0.3) is 0 Å². The van der Waals surface area contributed by atoms with E-state index < -0.39 is 17.2 Å². The zero-order chi connectivity index (χ0) is 16.7. The lowest BCUT2D eigenvalue weighted by Gasteiger charge is -2.26. The molecule has 2 rings (SSSR count). The van der Waals surface area contributed by atoms with Gasteiger partial charge >= 0.3 is 0 Å². The molecule has 1 aromatic rings. The van der Waals surface area contributed by atoms with Crippen LogP contribution in [0.5, 0.6) is 0 Å². The molecular formula is C20H21F2N. The highest BCUT2D eigenvalue weighted by atomic mass is 19.1. The fourth-order valence-electron chi connectivity index (χ4n) is 3.14. The highest BCUT2D eigenvalue weighted by Gasteiger charge is 2.18. The fraction of sp³-hybridized carbons (Fsp3) is 0.450. The van der Waals surface area contributed by atoms with Gasteiger partial charge in [0.1, 0.15) is 23.3 Å². The largest absolute Gasteiger partial charge is 0.205 e. The Kier molecular flexibility index (Phi) is 6.36. The molecule has 23 heavy (non-hydrogen) atoms. The SMILES string of the molecule is CCCC1CCC(C=CC#Cc2cc(F)c(C#N)c(F)c2)CC1. The molecular weight excluding hydrogens is 292 g/mol. The number of rotatable bonds is 3. The number of nitriles is 1. The number of nitrogens with zero attached hydrogens (tertiary/aromatic N) is 1. The summed E-state index contributed by atoms with van der Waals surface area (Å²) in [5.74, 6) is 5.26. The van der Waals surface area contributed by atoms with Crippen molar-refractivity contribution in [2.75, 3.05) is 0 Å². The van der Waals surface area contributed by atoms with Gasteiger partial charge in [0, 0.05) is 5.56 Å². The highest BCUT2D eigenvalue weighted by molar-refractivity contribution is 5.43. The van der Waals surface area contributed by atoms with E-state index in [0.29, 0.717) is 5.92 Å². The van der Waals surface area contributed by atoms with Crippen LogP contribution in [0.1, 0.15) is 56.6 Å². The molecule has 1 saturated carbocycles. The lowest BCUT2D eigenvalue weighted by Crippen LogP contribution is -2.12. The maximum atomic E-state index is 13.5. The Morgan fingerprint density at radius 1 is 1.17 bits per heavy atom. The molecule has 0 bridgehead atoms. The van der Waals surface area contributed by atoms with E-state index in [-0.39, 0.29) is 5.56 Å². The Hall–Kier alpha value is -2.13. The summed E-state index contributed by atoms with van der Waals surface area (Å²) in [6.45, 7) is 2.23. The van der Waals surface area contributed by atoms with Gasteiger partial charge in [-0.3, -0.25) is 0 Å². The smallest absolute Gasteiger partial charge is 0.145 e. The van der Waals surface area contributed by atoms with Crippen molar-refractivity contribution in [1.82, 2.24) is 0 Å². The van der Waals surface area contributed by atoms with Gasteiger partial charge in [0.15, 0.2) is 0 Å². The minimum atomic E-state index is -0.866. The molecule has 1 nitrogen and oxygen atoms in total. The second-order valence-corrected chi connectivity index (χ2v) is 6.12. The first-order valence-electron chi connectivity index (χ1n) is 8.21. The van der Waals surface area contributed by atoms with Crippen LogP contribution in [0.2, 0.25) is 0 Å². The zero-order valence-corrected chi connectivity index (χ0v) is 13.4. The third-order valence-corrected chi connectivity index (χ3v) is 4.41. The van der Waals surface area contributed by atoms with E-state index in [2.05, 4.69) is 24.8 Å². The average Bonchev–Trinajstić information content (AvgIpc) is 2.53. The molecule has 0 aliphatic heterocycles. The topological polar surface area (TPSA) is 23.8 Å². The van der Waals surface area contributed by atoms with Crippen LogP contribution in [0.4, 0.5) is 8.78 Å².